The Hall–Kier alpha value is -1.10. The van der Waals surface area contributed by atoms with Crippen molar-refractivity contribution in [2.24, 2.45) is 22.5 Å². The molecule has 0 aliphatic carbocycles. The van der Waals surface area contributed by atoms with Crippen molar-refractivity contribution in [1.29, 1.82) is 0 Å². The molecule has 1 rings (SSSR count). The molecule has 5 nitrogen and oxygen atoms in total. The molecular weight excluding hydrogens is 268 g/mol. The van der Waals surface area contributed by atoms with E-state index < -0.39 is 11.4 Å². The Kier molecular flexibility index (Phi) is 5.79. The lowest BCUT2D eigenvalue weighted by molar-refractivity contribution is -0.155. The van der Waals surface area contributed by atoms with Crippen LogP contribution in [-0.2, 0) is 9.59 Å². The van der Waals surface area contributed by atoms with E-state index in [1.165, 1.54) is 0 Å². The summed E-state index contributed by atoms with van der Waals surface area (Å²) in [4.78, 5) is 25.8. The number of nitrogens with zero attached hydrogens (tertiary/aromatic N) is 1. The summed E-state index contributed by atoms with van der Waals surface area (Å²) in [5.41, 5.74) is 5.18. The fourth-order valence-corrected chi connectivity index (χ4v) is 3.14. The zero-order valence-corrected chi connectivity index (χ0v) is 13.8. The number of rotatable bonds is 5. The van der Waals surface area contributed by atoms with Crippen LogP contribution in [0, 0.1) is 16.7 Å². The molecule has 0 spiro atoms. The van der Waals surface area contributed by atoms with Crippen molar-refractivity contribution in [2.75, 3.05) is 19.6 Å². The number of nitrogens with two attached hydrogens (primary N) is 1. The average molecular weight is 298 g/mol. The number of hydrogen-bond acceptors (Lipinski definition) is 3. The van der Waals surface area contributed by atoms with Crippen LogP contribution in [0.4, 0.5) is 0 Å². The molecule has 1 heterocycles. The predicted octanol–water partition coefficient (Wildman–Crippen LogP) is 2.10. The Balaban J connectivity index is 2.68. The molecule has 0 radical (unpaired) electrons. The van der Waals surface area contributed by atoms with Crippen LogP contribution in [0.15, 0.2) is 0 Å². The maximum absolute atomic E-state index is 12.6. The van der Waals surface area contributed by atoms with E-state index in [1.54, 1.807) is 4.90 Å². The van der Waals surface area contributed by atoms with Crippen molar-refractivity contribution < 1.29 is 14.7 Å². The maximum Gasteiger partial charge on any atom is 0.309 e. The number of aliphatic carboxylic acids is 1. The Morgan fingerprint density at radius 2 is 1.81 bits per heavy atom. The van der Waals surface area contributed by atoms with Gasteiger partial charge in [0, 0.05) is 19.6 Å². The smallest absolute Gasteiger partial charge is 0.309 e. The molecule has 5 heteroatoms. The molecule has 1 aliphatic heterocycles. The minimum atomic E-state index is -0.734. The van der Waals surface area contributed by atoms with Crippen LogP contribution in [0.25, 0.3) is 0 Å². The van der Waals surface area contributed by atoms with Gasteiger partial charge in [-0.1, -0.05) is 27.7 Å². The molecule has 1 amide bonds. The van der Waals surface area contributed by atoms with Crippen LogP contribution in [0.2, 0.25) is 0 Å². The van der Waals surface area contributed by atoms with Crippen molar-refractivity contribution >= 4 is 11.9 Å². The van der Waals surface area contributed by atoms with Crippen molar-refractivity contribution in [3.05, 3.63) is 0 Å². The van der Waals surface area contributed by atoms with Crippen molar-refractivity contribution in [3.63, 3.8) is 0 Å². The number of carbonyl (C=O) groups is 2. The van der Waals surface area contributed by atoms with E-state index >= 15 is 0 Å². The molecule has 0 saturated carbocycles. The first kappa shape index (κ1) is 18.0. The zero-order chi connectivity index (χ0) is 16.3. The van der Waals surface area contributed by atoms with E-state index in [0.29, 0.717) is 38.9 Å². The molecule has 0 aromatic rings. The van der Waals surface area contributed by atoms with E-state index in [2.05, 4.69) is 20.8 Å². The third-order valence-corrected chi connectivity index (χ3v) is 4.66. The molecule has 1 saturated heterocycles. The normalized spacial score (nSPS) is 20.1. The van der Waals surface area contributed by atoms with Gasteiger partial charge in [0.15, 0.2) is 0 Å². The molecule has 1 fully saturated rings. The number of carbonyl (C=O) groups excluding carboxylic acids is 1. The summed E-state index contributed by atoms with van der Waals surface area (Å²) in [6.45, 7) is 9.63. The third-order valence-electron chi connectivity index (χ3n) is 4.66. The highest BCUT2D eigenvalue weighted by Gasteiger charge is 2.41. The second-order valence-corrected chi connectivity index (χ2v) is 7.46. The molecule has 1 atom stereocenters. The third kappa shape index (κ3) is 4.43. The molecular formula is C16H30N2O3. The van der Waals surface area contributed by atoms with Crippen LogP contribution < -0.4 is 5.73 Å². The van der Waals surface area contributed by atoms with Gasteiger partial charge in [-0.05, 0) is 31.1 Å². The SMILES string of the molecule is CCC1(C(=O)O)CCN(C(=O)C(CN)CC(C)(C)C)CC1. The summed E-state index contributed by atoms with van der Waals surface area (Å²) in [5, 5.41) is 9.40. The first-order chi connectivity index (χ1) is 9.65. The largest absolute Gasteiger partial charge is 0.481 e. The van der Waals surface area contributed by atoms with E-state index in [0.717, 1.165) is 6.42 Å². The lowest BCUT2D eigenvalue weighted by atomic mass is 9.76. The zero-order valence-electron chi connectivity index (χ0n) is 13.8. The lowest BCUT2D eigenvalue weighted by Gasteiger charge is -2.40. The number of amides is 1. The number of piperidine rings is 1. The van der Waals surface area contributed by atoms with Gasteiger partial charge in [-0.25, -0.2) is 0 Å². The highest BCUT2D eigenvalue weighted by atomic mass is 16.4. The molecule has 1 unspecified atom stereocenters. The van der Waals surface area contributed by atoms with Crippen LogP contribution in [0.1, 0.15) is 53.4 Å². The summed E-state index contributed by atoms with van der Waals surface area (Å²) < 4.78 is 0. The minimum Gasteiger partial charge on any atom is -0.481 e. The first-order valence-corrected chi connectivity index (χ1v) is 7.87. The van der Waals surface area contributed by atoms with Gasteiger partial charge in [0.2, 0.25) is 5.91 Å². The predicted molar refractivity (Wildman–Crippen MR) is 82.8 cm³/mol. The number of carboxylic acid groups (broad SMARTS) is 1. The number of hydrogen-bond donors (Lipinski definition) is 2. The molecule has 0 bridgehead atoms. The molecule has 0 aromatic heterocycles. The summed E-state index contributed by atoms with van der Waals surface area (Å²) in [6, 6.07) is 0. The highest BCUT2D eigenvalue weighted by Crippen LogP contribution is 2.36. The molecule has 21 heavy (non-hydrogen) atoms. The van der Waals surface area contributed by atoms with E-state index in [-0.39, 0.29) is 17.2 Å². The Morgan fingerprint density at radius 1 is 1.29 bits per heavy atom. The van der Waals surface area contributed by atoms with Gasteiger partial charge in [0.1, 0.15) is 0 Å². The second-order valence-electron chi connectivity index (χ2n) is 7.46. The van der Waals surface area contributed by atoms with Gasteiger partial charge >= 0.3 is 5.97 Å². The van der Waals surface area contributed by atoms with Crippen LogP contribution in [0.5, 0.6) is 0 Å². The first-order valence-electron chi connectivity index (χ1n) is 7.87. The van der Waals surface area contributed by atoms with Crippen LogP contribution in [-0.4, -0.2) is 41.5 Å². The summed E-state index contributed by atoms with van der Waals surface area (Å²) in [5.74, 6) is -0.811. The van der Waals surface area contributed by atoms with Gasteiger partial charge in [0.05, 0.1) is 11.3 Å². The fraction of sp³-hybridized carbons (Fsp3) is 0.875. The summed E-state index contributed by atoms with van der Waals surface area (Å²) in [7, 11) is 0. The number of likely N-dealkylation sites (tertiary alicyclic amines) is 1. The fourth-order valence-electron chi connectivity index (χ4n) is 3.14. The maximum atomic E-state index is 12.6. The topological polar surface area (TPSA) is 83.6 Å². The monoisotopic (exact) mass is 298 g/mol. The average Bonchev–Trinajstić information content (AvgIpc) is 2.43. The minimum absolute atomic E-state index is 0.0593. The van der Waals surface area contributed by atoms with E-state index in [4.69, 9.17) is 5.73 Å². The Bertz CT molecular complexity index is 379. The van der Waals surface area contributed by atoms with Gasteiger partial charge < -0.3 is 15.7 Å². The van der Waals surface area contributed by atoms with Crippen LogP contribution >= 0.6 is 0 Å². The molecule has 0 aromatic carbocycles. The van der Waals surface area contributed by atoms with Crippen molar-refractivity contribution in [2.45, 2.75) is 53.4 Å². The molecule has 1 aliphatic rings. The number of carboxylic acids is 1. The van der Waals surface area contributed by atoms with E-state index in [1.807, 2.05) is 6.92 Å². The summed E-state index contributed by atoms with van der Waals surface area (Å²) >= 11 is 0. The lowest BCUT2D eigenvalue weighted by Crippen LogP contribution is -2.49. The summed E-state index contributed by atoms with van der Waals surface area (Å²) in [6.07, 6.45) is 2.46. The molecule has 122 valence electrons. The van der Waals surface area contributed by atoms with Crippen molar-refractivity contribution in [1.82, 2.24) is 4.90 Å². The second kappa shape index (κ2) is 6.77. The van der Waals surface area contributed by atoms with Gasteiger partial charge in [-0.3, -0.25) is 9.59 Å². The highest BCUT2D eigenvalue weighted by molar-refractivity contribution is 5.80. The standard InChI is InChI=1S/C16H30N2O3/c1-5-16(14(20)21)6-8-18(9-7-16)13(19)12(11-17)10-15(2,3)4/h12H,5-11,17H2,1-4H3,(H,20,21). The molecule has 3 N–H and O–H groups in total. The Labute approximate surface area is 127 Å². The van der Waals surface area contributed by atoms with Gasteiger partial charge in [-0.2, -0.15) is 0 Å². The Morgan fingerprint density at radius 3 is 2.14 bits per heavy atom. The van der Waals surface area contributed by atoms with E-state index in [9.17, 15) is 14.7 Å². The van der Waals surface area contributed by atoms with Gasteiger partial charge in [0.25, 0.3) is 0 Å². The van der Waals surface area contributed by atoms with Crippen LogP contribution in [0.3, 0.4) is 0 Å². The quantitative estimate of drug-likeness (QED) is 0.814. The van der Waals surface area contributed by atoms with Crippen molar-refractivity contribution in [3.8, 4) is 0 Å². The van der Waals surface area contributed by atoms with Gasteiger partial charge in [-0.15, -0.1) is 0 Å².